The van der Waals surface area contributed by atoms with E-state index < -0.39 is 0 Å². The van der Waals surface area contributed by atoms with Crippen LogP contribution in [0.1, 0.15) is 12.5 Å². The van der Waals surface area contributed by atoms with Crippen LogP contribution in [0.5, 0.6) is 0 Å². The van der Waals surface area contributed by atoms with Crippen LogP contribution in [0.2, 0.25) is 0 Å². The van der Waals surface area contributed by atoms with Gasteiger partial charge >= 0.3 is 0 Å². The Morgan fingerprint density at radius 2 is 2.23 bits per heavy atom. The second kappa shape index (κ2) is 3.23. The summed E-state index contributed by atoms with van der Waals surface area (Å²) >= 11 is 0. The number of H-pyrrole nitrogens is 1. The van der Waals surface area contributed by atoms with Crippen LogP contribution in [0, 0.1) is 0 Å². The number of nitrogens with one attached hydrogen (secondary N) is 1. The SMILES string of the molecule is CC(N)Cc1cccc2cc[nH]c12. The molecule has 68 valence electrons. The first kappa shape index (κ1) is 8.32. The summed E-state index contributed by atoms with van der Waals surface area (Å²) in [6, 6.07) is 8.61. The van der Waals surface area contributed by atoms with E-state index in [4.69, 9.17) is 5.73 Å². The molecule has 0 saturated carbocycles. The lowest BCUT2D eigenvalue weighted by Crippen LogP contribution is -2.17. The molecule has 0 bridgehead atoms. The maximum absolute atomic E-state index is 5.77. The zero-order valence-electron chi connectivity index (χ0n) is 7.75. The summed E-state index contributed by atoms with van der Waals surface area (Å²) in [7, 11) is 0. The van der Waals surface area contributed by atoms with Gasteiger partial charge < -0.3 is 10.7 Å². The summed E-state index contributed by atoms with van der Waals surface area (Å²) < 4.78 is 0. The third-order valence-corrected chi connectivity index (χ3v) is 2.22. The molecule has 0 fully saturated rings. The maximum atomic E-state index is 5.77. The lowest BCUT2D eigenvalue weighted by Gasteiger charge is -2.05. The fourth-order valence-electron chi connectivity index (χ4n) is 1.67. The Bertz CT molecular complexity index is 401. The van der Waals surface area contributed by atoms with Gasteiger partial charge in [-0.2, -0.15) is 0 Å². The zero-order valence-corrected chi connectivity index (χ0v) is 7.75. The van der Waals surface area contributed by atoms with Gasteiger partial charge in [-0.3, -0.25) is 0 Å². The Kier molecular flexibility index (Phi) is 2.07. The Balaban J connectivity index is 2.48. The summed E-state index contributed by atoms with van der Waals surface area (Å²) in [6.07, 6.45) is 2.90. The molecule has 0 amide bonds. The van der Waals surface area contributed by atoms with Gasteiger partial charge in [-0.15, -0.1) is 0 Å². The Labute approximate surface area is 77.8 Å². The van der Waals surface area contributed by atoms with Crippen LogP contribution >= 0.6 is 0 Å². The second-order valence-corrected chi connectivity index (χ2v) is 3.54. The second-order valence-electron chi connectivity index (χ2n) is 3.54. The highest BCUT2D eigenvalue weighted by atomic mass is 14.7. The molecule has 2 nitrogen and oxygen atoms in total. The molecular weight excluding hydrogens is 160 g/mol. The first-order valence-corrected chi connectivity index (χ1v) is 4.58. The number of fused-ring (bicyclic) bond motifs is 1. The number of hydrogen-bond acceptors (Lipinski definition) is 1. The van der Waals surface area contributed by atoms with Gasteiger partial charge in [-0.05, 0) is 30.4 Å². The lowest BCUT2D eigenvalue weighted by molar-refractivity contribution is 0.741. The summed E-state index contributed by atoms with van der Waals surface area (Å²) in [4.78, 5) is 3.24. The van der Waals surface area contributed by atoms with Gasteiger partial charge in [0.1, 0.15) is 0 Å². The fraction of sp³-hybridized carbons (Fsp3) is 0.273. The minimum atomic E-state index is 0.217. The van der Waals surface area contributed by atoms with Crippen LogP contribution in [0.3, 0.4) is 0 Å². The van der Waals surface area contributed by atoms with Crippen LogP contribution in [0.4, 0.5) is 0 Å². The molecule has 1 atom stereocenters. The van der Waals surface area contributed by atoms with Crippen molar-refractivity contribution in [1.82, 2.24) is 4.98 Å². The monoisotopic (exact) mass is 174 g/mol. The highest BCUT2D eigenvalue weighted by Crippen LogP contribution is 2.17. The molecule has 2 heteroatoms. The van der Waals surface area contributed by atoms with Crippen LogP contribution in [-0.2, 0) is 6.42 Å². The number of aromatic amines is 1. The molecule has 0 radical (unpaired) electrons. The van der Waals surface area contributed by atoms with Crippen molar-refractivity contribution in [2.45, 2.75) is 19.4 Å². The topological polar surface area (TPSA) is 41.8 Å². The van der Waals surface area contributed by atoms with Gasteiger partial charge in [0.2, 0.25) is 0 Å². The fourth-order valence-corrected chi connectivity index (χ4v) is 1.67. The van der Waals surface area contributed by atoms with Crippen molar-refractivity contribution in [2.24, 2.45) is 5.73 Å². The van der Waals surface area contributed by atoms with E-state index in [1.165, 1.54) is 16.5 Å². The number of aromatic nitrogens is 1. The van der Waals surface area contributed by atoms with Crippen molar-refractivity contribution in [3.8, 4) is 0 Å². The largest absolute Gasteiger partial charge is 0.361 e. The zero-order chi connectivity index (χ0) is 9.26. The number of para-hydroxylation sites is 1. The number of hydrogen-bond donors (Lipinski definition) is 2. The molecule has 0 aliphatic carbocycles. The molecular formula is C11H14N2. The molecule has 3 N–H and O–H groups in total. The maximum Gasteiger partial charge on any atom is 0.0487 e. The molecule has 2 rings (SSSR count). The van der Waals surface area contributed by atoms with Crippen molar-refractivity contribution in [1.29, 1.82) is 0 Å². The minimum Gasteiger partial charge on any atom is -0.361 e. The molecule has 13 heavy (non-hydrogen) atoms. The predicted octanol–water partition coefficient (Wildman–Crippen LogP) is 2.06. The third kappa shape index (κ3) is 1.58. The van der Waals surface area contributed by atoms with E-state index in [0.29, 0.717) is 0 Å². The van der Waals surface area contributed by atoms with Crippen molar-refractivity contribution < 1.29 is 0 Å². The summed E-state index contributed by atoms with van der Waals surface area (Å²) in [5.74, 6) is 0. The van der Waals surface area contributed by atoms with Gasteiger partial charge in [0.05, 0.1) is 0 Å². The Morgan fingerprint density at radius 3 is 3.00 bits per heavy atom. The van der Waals surface area contributed by atoms with Crippen LogP contribution in [0.25, 0.3) is 10.9 Å². The van der Waals surface area contributed by atoms with Crippen LogP contribution in [-0.4, -0.2) is 11.0 Å². The normalized spacial score (nSPS) is 13.4. The summed E-state index contributed by atoms with van der Waals surface area (Å²) in [5, 5.41) is 1.26. The predicted molar refractivity (Wildman–Crippen MR) is 55.7 cm³/mol. The smallest absolute Gasteiger partial charge is 0.0487 e. The van der Waals surface area contributed by atoms with E-state index in [9.17, 15) is 0 Å². The summed E-state index contributed by atoms with van der Waals surface area (Å²) in [5.41, 5.74) is 8.30. The molecule has 0 aliphatic rings. The highest BCUT2D eigenvalue weighted by Gasteiger charge is 2.03. The van der Waals surface area contributed by atoms with Crippen molar-refractivity contribution in [3.63, 3.8) is 0 Å². The molecule has 1 heterocycles. The average molecular weight is 174 g/mol. The van der Waals surface area contributed by atoms with E-state index >= 15 is 0 Å². The van der Waals surface area contributed by atoms with E-state index in [1.807, 2.05) is 13.1 Å². The van der Waals surface area contributed by atoms with Crippen LogP contribution < -0.4 is 5.73 Å². The third-order valence-electron chi connectivity index (χ3n) is 2.22. The average Bonchev–Trinajstić information content (AvgIpc) is 2.51. The van der Waals surface area contributed by atoms with E-state index in [2.05, 4.69) is 29.2 Å². The van der Waals surface area contributed by atoms with E-state index in [-0.39, 0.29) is 6.04 Å². The van der Waals surface area contributed by atoms with Crippen LogP contribution in [0.15, 0.2) is 30.5 Å². The van der Waals surface area contributed by atoms with Crippen molar-refractivity contribution in [3.05, 3.63) is 36.0 Å². The lowest BCUT2D eigenvalue weighted by atomic mass is 10.1. The highest BCUT2D eigenvalue weighted by molar-refractivity contribution is 5.82. The number of rotatable bonds is 2. The molecule has 0 aliphatic heterocycles. The first-order chi connectivity index (χ1) is 6.27. The molecule has 0 saturated heterocycles. The van der Waals surface area contributed by atoms with Gasteiger partial charge in [0.15, 0.2) is 0 Å². The van der Waals surface area contributed by atoms with Crippen molar-refractivity contribution in [2.75, 3.05) is 0 Å². The standard InChI is InChI=1S/C11H14N2/c1-8(12)7-10-4-2-3-9-5-6-13-11(9)10/h2-6,8,13H,7,12H2,1H3. The number of benzene rings is 1. The van der Waals surface area contributed by atoms with Gasteiger partial charge in [0.25, 0.3) is 0 Å². The van der Waals surface area contributed by atoms with Crippen molar-refractivity contribution >= 4 is 10.9 Å². The van der Waals surface area contributed by atoms with Gasteiger partial charge in [-0.1, -0.05) is 18.2 Å². The minimum absolute atomic E-state index is 0.217. The molecule has 1 aromatic carbocycles. The Hall–Kier alpha value is -1.28. The van der Waals surface area contributed by atoms with E-state index in [1.54, 1.807) is 0 Å². The van der Waals surface area contributed by atoms with Gasteiger partial charge in [-0.25, -0.2) is 0 Å². The quantitative estimate of drug-likeness (QED) is 0.719. The number of nitrogens with two attached hydrogens (primary N) is 1. The van der Waals surface area contributed by atoms with E-state index in [0.717, 1.165) is 6.42 Å². The summed E-state index contributed by atoms with van der Waals surface area (Å²) in [6.45, 7) is 2.03. The molecule has 1 unspecified atom stereocenters. The van der Waals surface area contributed by atoms with Gasteiger partial charge in [0, 0.05) is 17.8 Å². The Morgan fingerprint density at radius 1 is 1.38 bits per heavy atom. The first-order valence-electron chi connectivity index (χ1n) is 4.58. The molecule has 0 spiro atoms. The molecule has 2 aromatic rings. The molecule has 1 aromatic heterocycles.